The zero-order valence-corrected chi connectivity index (χ0v) is 14.1. The van der Waals surface area contributed by atoms with Gasteiger partial charge in [-0.2, -0.15) is 0 Å². The van der Waals surface area contributed by atoms with E-state index in [1.807, 2.05) is 70.2 Å². The van der Waals surface area contributed by atoms with Gasteiger partial charge in [-0.3, -0.25) is 4.79 Å². The summed E-state index contributed by atoms with van der Waals surface area (Å²) in [6.07, 6.45) is 7.55. The second kappa shape index (κ2) is 5.66. The third-order valence-electron chi connectivity index (χ3n) is 4.74. The molecule has 5 heteroatoms. The summed E-state index contributed by atoms with van der Waals surface area (Å²) in [6, 6.07) is 7.49. The van der Waals surface area contributed by atoms with Crippen LogP contribution >= 0.6 is 0 Å². The first-order valence-electron chi connectivity index (χ1n) is 7.90. The summed E-state index contributed by atoms with van der Waals surface area (Å²) in [5, 5.41) is 0. The highest BCUT2D eigenvalue weighted by Gasteiger charge is 2.51. The van der Waals surface area contributed by atoms with Gasteiger partial charge in [0.1, 0.15) is 0 Å². The minimum atomic E-state index is -0.454. The van der Waals surface area contributed by atoms with E-state index in [4.69, 9.17) is 9.31 Å². The van der Waals surface area contributed by atoms with Gasteiger partial charge in [0.05, 0.1) is 11.2 Å². The number of rotatable bonds is 2. The van der Waals surface area contributed by atoms with Crippen molar-refractivity contribution in [2.75, 3.05) is 6.54 Å². The molecule has 0 saturated carbocycles. The molecule has 0 bridgehead atoms. The molecule has 1 fully saturated rings. The van der Waals surface area contributed by atoms with Crippen molar-refractivity contribution in [3.8, 4) is 0 Å². The maximum Gasteiger partial charge on any atom is 0.494 e. The normalized spacial score (nSPS) is 21.7. The highest BCUT2D eigenvalue weighted by atomic mass is 16.7. The van der Waals surface area contributed by atoms with E-state index in [0.717, 1.165) is 5.46 Å². The number of hydrogen-bond acceptors (Lipinski definition) is 3. The average molecular weight is 311 g/mol. The van der Waals surface area contributed by atoms with Crippen LogP contribution in [0.1, 0.15) is 38.1 Å². The molecule has 0 radical (unpaired) electrons. The zero-order chi connectivity index (χ0) is 16.7. The molecule has 1 saturated heterocycles. The van der Waals surface area contributed by atoms with E-state index in [9.17, 15) is 4.79 Å². The van der Waals surface area contributed by atoms with Crippen molar-refractivity contribution >= 4 is 18.5 Å². The van der Waals surface area contributed by atoms with Crippen molar-refractivity contribution in [1.82, 2.24) is 4.90 Å². The monoisotopic (exact) mass is 311 g/mol. The first-order chi connectivity index (χ1) is 10.8. The highest BCUT2D eigenvalue weighted by molar-refractivity contribution is 6.62. The lowest BCUT2D eigenvalue weighted by Crippen LogP contribution is -2.41. The first kappa shape index (κ1) is 16.0. The fourth-order valence-electron chi connectivity index (χ4n) is 2.58. The number of amides is 1. The fraction of sp³-hybridized carbons (Fsp3) is 0.389. The third kappa shape index (κ3) is 2.99. The van der Waals surface area contributed by atoms with Crippen LogP contribution in [0.3, 0.4) is 0 Å². The molecule has 4 nitrogen and oxygen atoms in total. The molecule has 2 aliphatic heterocycles. The summed E-state index contributed by atoms with van der Waals surface area (Å²) in [6.45, 7) is 8.68. The summed E-state index contributed by atoms with van der Waals surface area (Å²) in [5.41, 5.74) is 0.721. The molecule has 0 unspecified atom stereocenters. The van der Waals surface area contributed by atoms with Crippen molar-refractivity contribution in [1.29, 1.82) is 0 Å². The number of carbonyl (C=O) groups excluding carboxylic acids is 1. The Morgan fingerprint density at radius 3 is 2.43 bits per heavy atom. The number of nitrogens with zero attached hydrogens (tertiary/aromatic N) is 1. The summed E-state index contributed by atoms with van der Waals surface area (Å²) < 4.78 is 12.1. The Morgan fingerprint density at radius 2 is 1.83 bits per heavy atom. The van der Waals surface area contributed by atoms with Crippen molar-refractivity contribution in [2.45, 2.75) is 38.9 Å². The van der Waals surface area contributed by atoms with Crippen LogP contribution in [-0.4, -0.2) is 35.7 Å². The third-order valence-corrected chi connectivity index (χ3v) is 4.74. The average Bonchev–Trinajstić information content (AvgIpc) is 2.76. The molecule has 2 heterocycles. The molecule has 2 aliphatic rings. The Balaban J connectivity index is 1.82. The maximum absolute atomic E-state index is 12.6. The van der Waals surface area contributed by atoms with Crippen molar-refractivity contribution in [2.24, 2.45) is 0 Å². The SMILES string of the molecule is CC1(C)OB(c2cccc(C(=O)N3C=CC=CC3)c2)OC1(C)C. The molecule has 1 aromatic carbocycles. The quantitative estimate of drug-likeness (QED) is 0.788. The van der Waals surface area contributed by atoms with Crippen molar-refractivity contribution in [3.63, 3.8) is 0 Å². The molecule has 0 atom stereocenters. The lowest BCUT2D eigenvalue weighted by molar-refractivity contribution is 0.00578. The van der Waals surface area contributed by atoms with Gasteiger partial charge in [0.2, 0.25) is 0 Å². The van der Waals surface area contributed by atoms with Crippen molar-refractivity contribution < 1.29 is 14.1 Å². The zero-order valence-electron chi connectivity index (χ0n) is 14.1. The topological polar surface area (TPSA) is 38.8 Å². The van der Waals surface area contributed by atoms with Crippen LogP contribution in [-0.2, 0) is 9.31 Å². The molecule has 0 spiro atoms. The molecular formula is C18H22BNO3. The Morgan fingerprint density at radius 1 is 1.13 bits per heavy atom. The predicted molar refractivity (Wildman–Crippen MR) is 91.5 cm³/mol. The molecule has 0 aromatic heterocycles. The van der Waals surface area contributed by atoms with Crippen LogP contribution in [0.5, 0.6) is 0 Å². The number of benzene rings is 1. The van der Waals surface area contributed by atoms with E-state index in [-0.39, 0.29) is 5.91 Å². The molecule has 120 valence electrons. The van der Waals surface area contributed by atoms with E-state index in [2.05, 4.69) is 0 Å². The molecular weight excluding hydrogens is 289 g/mol. The van der Waals surface area contributed by atoms with E-state index in [0.29, 0.717) is 12.1 Å². The standard InChI is InChI=1S/C18H22BNO3/c1-17(2)18(3,4)23-19(22-17)15-10-8-9-14(13-15)16(21)20-11-6-5-7-12-20/h5-11,13H,12H2,1-4H3. The molecule has 1 amide bonds. The Kier molecular flexibility index (Phi) is 3.94. The summed E-state index contributed by atoms with van der Waals surface area (Å²) >= 11 is 0. The molecule has 3 rings (SSSR count). The van der Waals surface area contributed by atoms with Gasteiger partial charge in [0, 0.05) is 18.3 Å². The minimum absolute atomic E-state index is 0.0241. The van der Waals surface area contributed by atoms with E-state index < -0.39 is 18.3 Å². The van der Waals surface area contributed by atoms with Crippen molar-refractivity contribution in [3.05, 3.63) is 54.3 Å². The lowest BCUT2D eigenvalue weighted by atomic mass is 9.78. The highest BCUT2D eigenvalue weighted by Crippen LogP contribution is 2.36. The molecule has 0 N–H and O–H groups in total. The number of carbonyl (C=O) groups is 1. The van der Waals surface area contributed by atoms with Crippen LogP contribution in [0.15, 0.2) is 48.7 Å². The van der Waals surface area contributed by atoms with Gasteiger partial charge in [-0.15, -0.1) is 0 Å². The van der Waals surface area contributed by atoms with E-state index >= 15 is 0 Å². The summed E-state index contributed by atoms with van der Waals surface area (Å²) in [4.78, 5) is 14.3. The molecule has 0 aliphatic carbocycles. The van der Waals surface area contributed by atoms with Crippen LogP contribution < -0.4 is 5.46 Å². The number of hydrogen-bond donors (Lipinski definition) is 0. The smallest absolute Gasteiger partial charge is 0.399 e. The Bertz CT molecular complexity index is 663. The van der Waals surface area contributed by atoms with Crippen LogP contribution in [0.25, 0.3) is 0 Å². The van der Waals surface area contributed by atoms with Crippen LogP contribution in [0, 0.1) is 0 Å². The second-order valence-electron chi connectivity index (χ2n) is 6.94. The summed E-state index contributed by atoms with van der Waals surface area (Å²) in [7, 11) is -0.454. The maximum atomic E-state index is 12.6. The Hall–Kier alpha value is -1.85. The Labute approximate surface area is 137 Å². The van der Waals surface area contributed by atoms with Gasteiger partial charge in [-0.05, 0) is 51.4 Å². The van der Waals surface area contributed by atoms with Gasteiger partial charge in [0.25, 0.3) is 5.91 Å². The van der Waals surface area contributed by atoms with Gasteiger partial charge in [-0.1, -0.05) is 24.3 Å². The van der Waals surface area contributed by atoms with E-state index in [1.165, 1.54) is 0 Å². The van der Waals surface area contributed by atoms with Crippen LogP contribution in [0.4, 0.5) is 0 Å². The molecule has 23 heavy (non-hydrogen) atoms. The van der Waals surface area contributed by atoms with Gasteiger partial charge in [0.15, 0.2) is 0 Å². The fourth-order valence-corrected chi connectivity index (χ4v) is 2.58. The molecule has 1 aromatic rings. The van der Waals surface area contributed by atoms with Gasteiger partial charge in [-0.25, -0.2) is 0 Å². The lowest BCUT2D eigenvalue weighted by Gasteiger charge is -2.32. The minimum Gasteiger partial charge on any atom is -0.399 e. The number of allylic oxidation sites excluding steroid dienone is 2. The van der Waals surface area contributed by atoms with Gasteiger partial charge >= 0.3 is 7.12 Å². The predicted octanol–water partition coefficient (Wildman–Crippen LogP) is 2.51. The largest absolute Gasteiger partial charge is 0.494 e. The van der Waals surface area contributed by atoms with Gasteiger partial charge < -0.3 is 14.2 Å². The van der Waals surface area contributed by atoms with Crippen LogP contribution in [0.2, 0.25) is 0 Å². The summed E-state index contributed by atoms with van der Waals surface area (Å²) in [5.74, 6) is -0.0241. The van der Waals surface area contributed by atoms with E-state index in [1.54, 1.807) is 11.1 Å². The second-order valence-corrected chi connectivity index (χ2v) is 6.94. The first-order valence-corrected chi connectivity index (χ1v) is 7.90.